The van der Waals surface area contributed by atoms with Gasteiger partial charge < -0.3 is 39.3 Å². The number of carboxylic acids is 1. The summed E-state index contributed by atoms with van der Waals surface area (Å²) in [7, 11) is 0. The number of carbonyl (C=O) groups is 4. The molecule has 1 rings (SSSR count). The van der Waals surface area contributed by atoms with Crippen molar-refractivity contribution in [2.45, 2.75) is 104 Å². The molecule has 0 heterocycles. The molecule has 38 heavy (non-hydrogen) atoms. The predicted octanol–water partition coefficient (Wildman–Crippen LogP) is 5.15. The highest BCUT2D eigenvalue weighted by Gasteiger charge is 2.31. The Morgan fingerprint density at radius 3 is 1.74 bits per heavy atom. The molecule has 5 atom stereocenters. The number of carboxylic acid groups (broad SMARTS) is 1. The first kappa shape index (κ1) is 32.5. The summed E-state index contributed by atoms with van der Waals surface area (Å²) >= 11 is 0. The summed E-state index contributed by atoms with van der Waals surface area (Å²) in [6.45, 7) is 11.9. The smallest absolute Gasteiger partial charge is 0.480 e. The van der Waals surface area contributed by atoms with Crippen LogP contribution in [0.15, 0.2) is 18.2 Å². The zero-order chi connectivity index (χ0) is 29.0. The van der Waals surface area contributed by atoms with Gasteiger partial charge in [0.25, 0.3) is 0 Å². The highest BCUT2D eigenvalue weighted by molar-refractivity contribution is 5.75. The summed E-state index contributed by atoms with van der Waals surface area (Å²) in [5.41, 5.74) is 6.29. The molecule has 0 bridgehead atoms. The third-order valence-corrected chi connectivity index (χ3v) is 5.46. The molecule has 1 aromatic rings. The zero-order valence-electron chi connectivity index (χ0n) is 22.9. The van der Waals surface area contributed by atoms with Gasteiger partial charge in [-0.25, -0.2) is 14.4 Å². The molecule has 12 nitrogen and oxygen atoms in total. The van der Waals surface area contributed by atoms with Crippen molar-refractivity contribution >= 4 is 24.4 Å². The SMILES string of the molecule is CCC(C)OC(=O)Oc1ccc(C(CC(C)OC(=O)OC(C)C)[C@H](N)C(=O)O)cc1OC(=O)OC(C)CC. The predicted molar refractivity (Wildman–Crippen MR) is 135 cm³/mol. The average Bonchev–Trinajstić information content (AvgIpc) is 2.82. The molecule has 0 aliphatic heterocycles. The fourth-order valence-electron chi connectivity index (χ4n) is 3.09. The van der Waals surface area contributed by atoms with Gasteiger partial charge in [0.2, 0.25) is 0 Å². The van der Waals surface area contributed by atoms with Crippen LogP contribution < -0.4 is 15.2 Å². The molecule has 0 amide bonds. The Kier molecular flexibility index (Phi) is 13.4. The third kappa shape index (κ3) is 11.2. The third-order valence-electron chi connectivity index (χ3n) is 5.46. The van der Waals surface area contributed by atoms with E-state index in [1.807, 2.05) is 13.8 Å². The van der Waals surface area contributed by atoms with E-state index in [1.165, 1.54) is 18.2 Å². The van der Waals surface area contributed by atoms with Crippen LogP contribution in [0.1, 0.15) is 79.2 Å². The van der Waals surface area contributed by atoms with Crippen LogP contribution in [-0.4, -0.2) is 60.0 Å². The minimum Gasteiger partial charge on any atom is -0.480 e. The van der Waals surface area contributed by atoms with Crippen molar-refractivity contribution in [1.82, 2.24) is 0 Å². The van der Waals surface area contributed by atoms with E-state index in [4.69, 9.17) is 34.2 Å². The number of ether oxygens (including phenoxy) is 6. The maximum absolute atomic E-state index is 12.3. The van der Waals surface area contributed by atoms with Crippen LogP contribution in [0, 0.1) is 0 Å². The van der Waals surface area contributed by atoms with Crippen molar-refractivity contribution in [3.05, 3.63) is 23.8 Å². The van der Waals surface area contributed by atoms with E-state index in [1.54, 1.807) is 34.6 Å². The number of carbonyl (C=O) groups excluding carboxylic acids is 3. The maximum atomic E-state index is 12.3. The lowest BCUT2D eigenvalue weighted by Crippen LogP contribution is -2.38. The highest BCUT2D eigenvalue weighted by Crippen LogP contribution is 2.35. The van der Waals surface area contributed by atoms with Crippen molar-refractivity contribution in [2.24, 2.45) is 5.73 Å². The first-order valence-electron chi connectivity index (χ1n) is 12.5. The molecule has 0 fully saturated rings. The van der Waals surface area contributed by atoms with Crippen LogP contribution in [-0.2, 0) is 23.7 Å². The first-order valence-corrected chi connectivity index (χ1v) is 12.5. The number of hydrogen-bond acceptors (Lipinski definition) is 11. The van der Waals surface area contributed by atoms with Crippen LogP contribution in [0.5, 0.6) is 11.5 Å². The van der Waals surface area contributed by atoms with Gasteiger partial charge in [0.05, 0.1) is 6.10 Å². The fourth-order valence-corrected chi connectivity index (χ4v) is 3.09. The monoisotopic (exact) mass is 541 g/mol. The summed E-state index contributed by atoms with van der Waals surface area (Å²) in [6.07, 6.45) is -3.93. The average molecular weight is 542 g/mol. The van der Waals surface area contributed by atoms with Crippen molar-refractivity contribution in [3.8, 4) is 11.5 Å². The summed E-state index contributed by atoms with van der Waals surface area (Å²) in [5.74, 6) is -2.57. The lowest BCUT2D eigenvalue weighted by Gasteiger charge is -2.25. The van der Waals surface area contributed by atoms with E-state index in [0.29, 0.717) is 18.4 Å². The number of rotatable bonds is 13. The van der Waals surface area contributed by atoms with Crippen molar-refractivity contribution < 1.29 is 52.7 Å². The number of nitrogens with two attached hydrogens (primary N) is 1. The number of hydrogen-bond donors (Lipinski definition) is 2. The van der Waals surface area contributed by atoms with Gasteiger partial charge in [-0.15, -0.1) is 0 Å². The second-order valence-corrected chi connectivity index (χ2v) is 9.14. The fraction of sp³-hybridized carbons (Fsp3) is 0.615. The van der Waals surface area contributed by atoms with Gasteiger partial charge in [-0.2, -0.15) is 0 Å². The van der Waals surface area contributed by atoms with E-state index >= 15 is 0 Å². The second kappa shape index (κ2) is 15.7. The Labute approximate surface area is 222 Å². The number of aliphatic carboxylic acids is 1. The number of benzene rings is 1. The quantitative estimate of drug-likeness (QED) is 0.191. The Bertz CT molecular complexity index is 949. The molecular formula is C26H39NO11. The van der Waals surface area contributed by atoms with Crippen molar-refractivity contribution in [3.63, 3.8) is 0 Å². The van der Waals surface area contributed by atoms with Gasteiger partial charge >= 0.3 is 24.4 Å². The molecule has 0 spiro atoms. The molecule has 214 valence electrons. The van der Waals surface area contributed by atoms with Crippen LogP contribution >= 0.6 is 0 Å². The van der Waals surface area contributed by atoms with Crippen molar-refractivity contribution in [2.75, 3.05) is 0 Å². The molecule has 0 aromatic heterocycles. The van der Waals surface area contributed by atoms with Crippen LogP contribution in [0.3, 0.4) is 0 Å². The minimum absolute atomic E-state index is 0.00627. The van der Waals surface area contributed by atoms with Crippen LogP contribution in [0.4, 0.5) is 14.4 Å². The molecule has 0 aliphatic carbocycles. The lowest BCUT2D eigenvalue weighted by atomic mass is 9.87. The lowest BCUT2D eigenvalue weighted by molar-refractivity contribution is -0.139. The zero-order valence-corrected chi connectivity index (χ0v) is 22.9. The van der Waals surface area contributed by atoms with Gasteiger partial charge in [0, 0.05) is 5.92 Å². The van der Waals surface area contributed by atoms with Crippen LogP contribution in [0.2, 0.25) is 0 Å². The van der Waals surface area contributed by atoms with Gasteiger partial charge in [0.1, 0.15) is 24.4 Å². The molecule has 0 radical (unpaired) electrons. The standard InChI is InChI=1S/C26H39NO11/c1-8-15(5)34-25(31)37-20-11-10-18(13-21(20)38-26(32)35-16(6)9-2)19(22(27)23(28)29)12-17(7)36-24(30)33-14(3)4/h10-11,13-17,19,22H,8-9,12,27H2,1-7H3,(H,28,29)/t15?,16?,17?,19?,22-/m0/s1. The molecule has 3 N–H and O–H groups in total. The Morgan fingerprint density at radius 1 is 0.763 bits per heavy atom. The van der Waals surface area contributed by atoms with E-state index in [0.717, 1.165) is 0 Å². The van der Waals surface area contributed by atoms with E-state index in [2.05, 4.69) is 0 Å². The van der Waals surface area contributed by atoms with E-state index in [9.17, 15) is 24.3 Å². The molecule has 1 aromatic carbocycles. The van der Waals surface area contributed by atoms with Gasteiger partial charge in [0.15, 0.2) is 11.5 Å². The van der Waals surface area contributed by atoms with Gasteiger partial charge in [-0.3, -0.25) is 4.79 Å². The summed E-state index contributed by atoms with van der Waals surface area (Å²) in [4.78, 5) is 48.2. The normalized spacial score (nSPS) is 14.9. The largest absolute Gasteiger partial charge is 0.514 e. The molecule has 4 unspecified atom stereocenters. The second-order valence-electron chi connectivity index (χ2n) is 9.14. The molecule has 12 heteroatoms. The van der Waals surface area contributed by atoms with Crippen LogP contribution in [0.25, 0.3) is 0 Å². The minimum atomic E-state index is -1.41. The summed E-state index contributed by atoms with van der Waals surface area (Å²) in [5, 5.41) is 9.60. The molecule has 0 saturated heterocycles. The van der Waals surface area contributed by atoms with Gasteiger partial charge in [-0.1, -0.05) is 19.9 Å². The Morgan fingerprint density at radius 2 is 1.26 bits per heavy atom. The van der Waals surface area contributed by atoms with E-state index in [-0.39, 0.29) is 17.9 Å². The molecular weight excluding hydrogens is 502 g/mol. The topological polar surface area (TPSA) is 170 Å². The summed E-state index contributed by atoms with van der Waals surface area (Å²) in [6, 6.07) is 2.69. The molecule has 0 saturated carbocycles. The Balaban J connectivity index is 3.34. The Hall–Kier alpha value is -3.54. The molecule has 0 aliphatic rings. The van der Waals surface area contributed by atoms with Gasteiger partial charge in [-0.05, 0) is 71.6 Å². The maximum Gasteiger partial charge on any atom is 0.514 e. The highest BCUT2D eigenvalue weighted by atomic mass is 16.8. The van der Waals surface area contributed by atoms with E-state index < -0.39 is 60.8 Å². The van der Waals surface area contributed by atoms with Crippen molar-refractivity contribution in [1.29, 1.82) is 0 Å². The summed E-state index contributed by atoms with van der Waals surface area (Å²) < 4.78 is 31.0. The first-order chi connectivity index (χ1) is 17.8.